The molecule has 1 saturated carbocycles. The van der Waals surface area contributed by atoms with Crippen molar-refractivity contribution in [1.82, 2.24) is 10.2 Å². The first kappa shape index (κ1) is 13.4. The van der Waals surface area contributed by atoms with Crippen LogP contribution < -0.4 is 5.32 Å². The lowest BCUT2D eigenvalue weighted by Crippen LogP contribution is -2.59. The molecule has 1 aliphatic heterocycles. The van der Waals surface area contributed by atoms with Gasteiger partial charge < -0.3 is 5.32 Å². The highest BCUT2D eigenvalue weighted by atomic mass is 15.3. The summed E-state index contributed by atoms with van der Waals surface area (Å²) < 4.78 is 0. The molecule has 17 heavy (non-hydrogen) atoms. The minimum atomic E-state index is 0.721. The number of hydrogen-bond acceptors (Lipinski definition) is 2. The molecule has 100 valence electrons. The van der Waals surface area contributed by atoms with E-state index in [0.29, 0.717) is 0 Å². The summed E-state index contributed by atoms with van der Waals surface area (Å²) in [4.78, 5) is 2.81. The summed E-state index contributed by atoms with van der Waals surface area (Å²) in [5.41, 5.74) is 0. The van der Waals surface area contributed by atoms with Crippen molar-refractivity contribution in [2.75, 3.05) is 13.1 Å². The standard InChI is InChI=1S/C15H30N2/c1-5-12(4)17-10-14(8-11(2)3)16-9-15(17)13-6-7-13/h11-16H,5-10H2,1-4H3. The molecule has 0 aromatic heterocycles. The first-order valence-corrected chi connectivity index (χ1v) is 7.61. The minimum Gasteiger partial charge on any atom is -0.311 e. The van der Waals surface area contributed by atoms with Crippen molar-refractivity contribution in [2.24, 2.45) is 11.8 Å². The monoisotopic (exact) mass is 238 g/mol. The molecule has 2 aliphatic rings. The number of nitrogens with zero attached hydrogens (tertiary/aromatic N) is 1. The van der Waals surface area contributed by atoms with Gasteiger partial charge in [-0.2, -0.15) is 0 Å². The zero-order chi connectivity index (χ0) is 12.4. The van der Waals surface area contributed by atoms with E-state index in [1.54, 1.807) is 0 Å². The van der Waals surface area contributed by atoms with E-state index >= 15 is 0 Å². The Balaban J connectivity index is 1.94. The van der Waals surface area contributed by atoms with Gasteiger partial charge in [0.2, 0.25) is 0 Å². The first-order chi connectivity index (χ1) is 8.11. The number of nitrogens with one attached hydrogen (secondary N) is 1. The molecule has 1 aliphatic carbocycles. The van der Waals surface area contributed by atoms with E-state index < -0.39 is 0 Å². The predicted octanol–water partition coefficient (Wildman–Crippen LogP) is 2.88. The average Bonchev–Trinajstić information content (AvgIpc) is 3.11. The molecule has 0 aromatic carbocycles. The summed E-state index contributed by atoms with van der Waals surface area (Å²) in [5.74, 6) is 1.81. The van der Waals surface area contributed by atoms with Gasteiger partial charge in [0.1, 0.15) is 0 Å². The van der Waals surface area contributed by atoms with Crippen LogP contribution in [0.3, 0.4) is 0 Å². The lowest BCUT2D eigenvalue weighted by atomic mass is 9.96. The van der Waals surface area contributed by atoms with Crippen molar-refractivity contribution >= 4 is 0 Å². The van der Waals surface area contributed by atoms with E-state index in [4.69, 9.17) is 0 Å². The quantitative estimate of drug-likeness (QED) is 0.792. The Hall–Kier alpha value is -0.0800. The van der Waals surface area contributed by atoms with Gasteiger partial charge in [-0.3, -0.25) is 4.90 Å². The zero-order valence-corrected chi connectivity index (χ0v) is 12.1. The van der Waals surface area contributed by atoms with Crippen molar-refractivity contribution in [3.63, 3.8) is 0 Å². The topological polar surface area (TPSA) is 15.3 Å². The minimum absolute atomic E-state index is 0.721. The lowest BCUT2D eigenvalue weighted by Gasteiger charge is -2.44. The summed E-state index contributed by atoms with van der Waals surface area (Å²) in [6.07, 6.45) is 5.55. The molecule has 3 atom stereocenters. The molecule has 0 spiro atoms. The van der Waals surface area contributed by atoms with E-state index in [1.165, 1.54) is 38.8 Å². The summed E-state index contributed by atoms with van der Waals surface area (Å²) in [7, 11) is 0. The highest BCUT2D eigenvalue weighted by Gasteiger charge is 2.39. The maximum Gasteiger partial charge on any atom is 0.0252 e. The van der Waals surface area contributed by atoms with Crippen molar-refractivity contribution < 1.29 is 0 Å². The van der Waals surface area contributed by atoms with Crippen LogP contribution in [-0.2, 0) is 0 Å². The third kappa shape index (κ3) is 3.45. The molecular weight excluding hydrogens is 208 g/mol. The summed E-state index contributed by atoms with van der Waals surface area (Å²) in [5, 5.41) is 3.79. The normalized spacial score (nSPS) is 33.0. The van der Waals surface area contributed by atoms with Crippen molar-refractivity contribution in [3.8, 4) is 0 Å². The molecule has 2 rings (SSSR count). The molecule has 2 heteroatoms. The lowest BCUT2D eigenvalue weighted by molar-refractivity contribution is 0.0690. The Kier molecular flexibility index (Phi) is 4.48. The van der Waals surface area contributed by atoms with Gasteiger partial charge in [-0.15, -0.1) is 0 Å². The van der Waals surface area contributed by atoms with Gasteiger partial charge in [-0.1, -0.05) is 20.8 Å². The van der Waals surface area contributed by atoms with Crippen LogP contribution in [-0.4, -0.2) is 36.1 Å². The van der Waals surface area contributed by atoms with Crippen molar-refractivity contribution in [1.29, 1.82) is 0 Å². The summed E-state index contributed by atoms with van der Waals surface area (Å²) >= 11 is 0. The van der Waals surface area contributed by atoms with Crippen LogP contribution in [0.25, 0.3) is 0 Å². The van der Waals surface area contributed by atoms with Crippen LogP contribution in [0.4, 0.5) is 0 Å². The Morgan fingerprint density at radius 1 is 1.24 bits per heavy atom. The van der Waals surface area contributed by atoms with Crippen LogP contribution in [0.2, 0.25) is 0 Å². The second-order valence-electron chi connectivity index (χ2n) is 6.59. The second kappa shape index (κ2) is 5.71. The Morgan fingerprint density at radius 3 is 2.47 bits per heavy atom. The molecule has 2 fully saturated rings. The molecule has 0 aromatic rings. The third-order valence-corrected chi connectivity index (χ3v) is 4.55. The van der Waals surface area contributed by atoms with E-state index in [0.717, 1.165) is 30.0 Å². The van der Waals surface area contributed by atoms with Crippen LogP contribution in [0, 0.1) is 11.8 Å². The average molecular weight is 238 g/mol. The smallest absolute Gasteiger partial charge is 0.0252 e. The van der Waals surface area contributed by atoms with Crippen molar-refractivity contribution in [3.05, 3.63) is 0 Å². The number of piperazine rings is 1. The SMILES string of the molecule is CCC(C)N1CC(CC(C)C)NCC1C1CC1. The van der Waals surface area contributed by atoms with Gasteiger partial charge in [0.05, 0.1) is 0 Å². The van der Waals surface area contributed by atoms with Gasteiger partial charge in [-0.05, 0) is 44.4 Å². The van der Waals surface area contributed by atoms with Gasteiger partial charge >= 0.3 is 0 Å². The van der Waals surface area contributed by atoms with Crippen LogP contribution >= 0.6 is 0 Å². The second-order valence-corrected chi connectivity index (χ2v) is 6.59. The molecule has 3 unspecified atom stereocenters. The fraction of sp³-hybridized carbons (Fsp3) is 1.00. The number of rotatable bonds is 5. The third-order valence-electron chi connectivity index (χ3n) is 4.55. The molecule has 0 amide bonds. The Labute approximate surface area is 107 Å². The van der Waals surface area contributed by atoms with E-state index in [9.17, 15) is 0 Å². The molecule has 1 saturated heterocycles. The fourth-order valence-corrected chi connectivity index (χ4v) is 3.25. The maximum absolute atomic E-state index is 3.79. The van der Waals surface area contributed by atoms with Crippen LogP contribution in [0.15, 0.2) is 0 Å². The predicted molar refractivity (Wildman–Crippen MR) is 74.2 cm³/mol. The summed E-state index contributed by atoms with van der Waals surface area (Å²) in [6.45, 7) is 11.9. The van der Waals surface area contributed by atoms with E-state index in [-0.39, 0.29) is 0 Å². The largest absolute Gasteiger partial charge is 0.311 e. The van der Waals surface area contributed by atoms with Crippen LogP contribution in [0.5, 0.6) is 0 Å². The van der Waals surface area contributed by atoms with Gasteiger partial charge in [-0.25, -0.2) is 0 Å². The highest BCUT2D eigenvalue weighted by Crippen LogP contribution is 2.37. The first-order valence-electron chi connectivity index (χ1n) is 7.61. The molecular formula is C15H30N2. The summed E-state index contributed by atoms with van der Waals surface area (Å²) in [6, 6.07) is 2.31. The van der Waals surface area contributed by atoms with E-state index in [1.807, 2.05) is 0 Å². The van der Waals surface area contributed by atoms with Gasteiger partial charge in [0.25, 0.3) is 0 Å². The van der Waals surface area contributed by atoms with Gasteiger partial charge in [0, 0.05) is 31.2 Å². The fourth-order valence-electron chi connectivity index (χ4n) is 3.25. The molecule has 1 heterocycles. The number of hydrogen-bond donors (Lipinski definition) is 1. The van der Waals surface area contributed by atoms with E-state index in [2.05, 4.69) is 37.9 Å². The molecule has 1 N–H and O–H groups in total. The molecule has 2 nitrogen and oxygen atoms in total. The zero-order valence-electron chi connectivity index (χ0n) is 12.1. The van der Waals surface area contributed by atoms with Gasteiger partial charge in [0.15, 0.2) is 0 Å². The van der Waals surface area contributed by atoms with Crippen LogP contribution in [0.1, 0.15) is 53.4 Å². The maximum atomic E-state index is 3.79. The Morgan fingerprint density at radius 2 is 1.94 bits per heavy atom. The molecule has 0 radical (unpaired) electrons. The van der Waals surface area contributed by atoms with Crippen molar-refractivity contribution in [2.45, 2.75) is 71.5 Å². The highest BCUT2D eigenvalue weighted by molar-refractivity contribution is 4.96. The molecule has 0 bridgehead atoms. The Bertz CT molecular complexity index is 235.